The molecule has 0 saturated carbocycles. The number of hydrogen-bond acceptors (Lipinski definition) is 5. The van der Waals surface area contributed by atoms with Crippen molar-refractivity contribution >= 4 is 23.4 Å². The van der Waals surface area contributed by atoms with Gasteiger partial charge in [-0.15, -0.1) is 11.3 Å². The lowest BCUT2D eigenvalue weighted by atomic mass is 9.99. The first kappa shape index (κ1) is 17.7. The fourth-order valence-electron chi connectivity index (χ4n) is 2.63. The molecule has 1 atom stereocenters. The van der Waals surface area contributed by atoms with Gasteiger partial charge in [-0.05, 0) is 45.1 Å². The van der Waals surface area contributed by atoms with Gasteiger partial charge in [0.1, 0.15) is 5.60 Å². The van der Waals surface area contributed by atoms with E-state index < -0.39 is 23.2 Å². The molecule has 2 rings (SSSR count). The molecule has 1 fully saturated rings. The molecule has 1 unspecified atom stereocenters. The molecule has 0 bridgehead atoms. The molecule has 1 aromatic rings. The first-order chi connectivity index (χ1) is 10.7. The van der Waals surface area contributed by atoms with Gasteiger partial charge in [0.05, 0.1) is 0 Å². The number of carbonyl (C=O) groups is 2. The van der Waals surface area contributed by atoms with Crippen molar-refractivity contribution < 1.29 is 19.4 Å². The monoisotopic (exact) mass is 340 g/mol. The molecule has 1 aliphatic heterocycles. The van der Waals surface area contributed by atoms with E-state index in [0.717, 1.165) is 13.0 Å². The molecule has 7 heteroatoms. The number of carboxylic acids is 1. The summed E-state index contributed by atoms with van der Waals surface area (Å²) < 4.78 is 5.20. The van der Waals surface area contributed by atoms with Crippen LogP contribution in [0.15, 0.2) is 17.5 Å². The van der Waals surface area contributed by atoms with Gasteiger partial charge >= 0.3 is 12.1 Å². The second-order valence-electron chi connectivity index (χ2n) is 6.87. The van der Waals surface area contributed by atoms with Gasteiger partial charge in [-0.1, -0.05) is 6.07 Å². The lowest BCUT2D eigenvalue weighted by Gasteiger charge is -2.28. The third-order valence-electron chi connectivity index (χ3n) is 3.75. The minimum Gasteiger partial charge on any atom is -0.479 e. The maximum absolute atomic E-state index is 12.0. The summed E-state index contributed by atoms with van der Waals surface area (Å²) in [5.74, 6) is -1.01. The Labute approximate surface area is 140 Å². The lowest BCUT2D eigenvalue weighted by molar-refractivity contribution is -0.144. The van der Waals surface area contributed by atoms with Crippen LogP contribution in [0.2, 0.25) is 0 Å². The van der Waals surface area contributed by atoms with Gasteiger partial charge in [0.25, 0.3) is 0 Å². The number of nitrogens with one attached hydrogen (secondary N) is 1. The van der Waals surface area contributed by atoms with E-state index in [9.17, 15) is 14.7 Å². The summed E-state index contributed by atoms with van der Waals surface area (Å²) >= 11 is 1.70. The molecule has 1 amide bonds. The van der Waals surface area contributed by atoms with Crippen molar-refractivity contribution in [1.82, 2.24) is 10.2 Å². The normalized spacial score (nSPS) is 22.0. The van der Waals surface area contributed by atoms with Gasteiger partial charge in [-0.2, -0.15) is 0 Å². The van der Waals surface area contributed by atoms with Crippen LogP contribution in [-0.4, -0.2) is 52.8 Å². The van der Waals surface area contributed by atoms with Crippen LogP contribution in [0.3, 0.4) is 0 Å². The van der Waals surface area contributed by atoms with Crippen molar-refractivity contribution in [2.24, 2.45) is 0 Å². The quantitative estimate of drug-likeness (QED) is 0.860. The summed E-state index contributed by atoms with van der Waals surface area (Å²) in [6.45, 7) is 6.98. The molecule has 128 valence electrons. The zero-order valence-corrected chi connectivity index (χ0v) is 14.6. The number of hydrogen-bond donors (Lipinski definition) is 2. The average molecular weight is 340 g/mol. The van der Waals surface area contributed by atoms with Gasteiger partial charge in [-0.3, -0.25) is 4.90 Å². The van der Waals surface area contributed by atoms with Crippen molar-refractivity contribution in [2.75, 3.05) is 19.6 Å². The third-order valence-corrected chi connectivity index (χ3v) is 4.69. The maximum atomic E-state index is 12.0. The van der Waals surface area contributed by atoms with Crippen LogP contribution in [0.5, 0.6) is 0 Å². The Morgan fingerprint density at radius 1 is 1.48 bits per heavy atom. The minimum absolute atomic E-state index is 0.299. The van der Waals surface area contributed by atoms with Crippen LogP contribution in [0.4, 0.5) is 4.79 Å². The Morgan fingerprint density at radius 3 is 2.78 bits per heavy atom. The number of nitrogens with zero attached hydrogens (tertiary/aromatic N) is 1. The summed E-state index contributed by atoms with van der Waals surface area (Å²) in [5.41, 5.74) is -1.92. The maximum Gasteiger partial charge on any atom is 0.408 e. The summed E-state index contributed by atoms with van der Waals surface area (Å²) in [4.78, 5) is 27.0. The highest BCUT2D eigenvalue weighted by Crippen LogP contribution is 2.23. The van der Waals surface area contributed by atoms with Gasteiger partial charge in [0, 0.05) is 24.5 Å². The van der Waals surface area contributed by atoms with Crippen molar-refractivity contribution in [1.29, 1.82) is 0 Å². The van der Waals surface area contributed by atoms with Crippen molar-refractivity contribution in [2.45, 2.75) is 44.8 Å². The second kappa shape index (κ2) is 6.88. The number of thiophene rings is 1. The molecular weight excluding hydrogens is 316 g/mol. The molecule has 0 aliphatic carbocycles. The fraction of sp³-hybridized carbons (Fsp3) is 0.625. The fourth-order valence-corrected chi connectivity index (χ4v) is 3.33. The molecule has 6 nitrogen and oxygen atoms in total. The van der Waals surface area contributed by atoms with E-state index in [1.54, 1.807) is 32.1 Å². The van der Waals surface area contributed by atoms with Crippen molar-refractivity contribution in [3.8, 4) is 0 Å². The highest BCUT2D eigenvalue weighted by molar-refractivity contribution is 7.09. The second-order valence-corrected chi connectivity index (χ2v) is 7.90. The van der Waals surface area contributed by atoms with E-state index in [1.807, 2.05) is 11.4 Å². The molecule has 23 heavy (non-hydrogen) atoms. The van der Waals surface area contributed by atoms with Crippen LogP contribution in [-0.2, 0) is 16.0 Å². The van der Waals surface area contributed by atoms with Crippen LogP contribution >= 0.6 is 11.3 Å². The smallest absolute Gasteiger partial charge is 0.408 e. The van der Waals surface area contributed by atoms with E-state index in [0.29, 0.717) is 19.5 Å². The van der Waals surface area contributed by atoms with Gasteiger partial charge in [-0.25, -0.2) is 9.59 Å². The number of likely N-dealkylation sites (tertiary alicyclic amines) is 1. The Kier molecular flexibility index (Phi) is 5.31. The molecular formula is C16H24N2O4S. The Hall–Kier alpha value is -1.60. The molecule has 2 heterocycles. The molecule has 0 radical (unpaired) electrons. The Balaban J connectivity index is 1.94. The van der Waals surface area contributed by atoms with E-state index in [-0.39, 0.29) is 0 Å². The Bertz CT molecular complexity index is 553. The number of carboxylic acid groups (broad SMARTS) is 1. The number of rotatable bonds is 5. The largest absolute Gasteiger partial charge is 0.479 e. The number of ether oxygens (including phenoxy) is 1. The summed E-state index contributed by atoms with van der Waals surface area (Å²) in [6.07, 6.45) is 0.589. The predicted octanol–water partition coefficient (Wildman–Crippen LogP) is 2.34. The standard InChI is InChI=1S/C16H24N2O4S/c1-15(2,3)22-14(21)17-16(13(19)20)7-9-18(11-16)8-6-12-5-4-10-23-12/h4-5,10H,6-9,11H2,1-3H3,(H,17,21)(H,19,20). The predicted molar refractivity (Wildman–Crippen MR) is 88.8 cm³/mol. The first-order valence-corrected chi connectivity index (χ1v) is 8.57. The van der Waals surface area contributed by atoms with Gasteiger partial charge in [0.15, 0.2) is 5.54 Å². The summed E-state index contributed by atoms with van der Waals surface area (Å²) in [7, 11) is 0. The zero-order valence-electron chi connectivity index (χ0n) is 13.8. The van der Waals surface area contributed by atoms with E-state index in [4.69, 9.17) is 4.74 Å². The topological polar surface area (TPSA) is 78.9 Å². The highest BCUT2D eigenvalue weighted by Gasteiger charge is 2.46. The highest BCUT2D eigenvalue weighted by atomic mass is 32.1. The molecule has 0 aromatic carbocycles. The molecule has 0 spiro atoms. The zero-order chi connectivity index (χ0) is 17.1. The third kappa shape index (κ3) is 4.94. The van der Waals surface area contributed by atoms with E-state index >= 15 is 0 Å². The molecule has 2 N–H and O–H groups in total. The van der Waals surface area contributed by atoms with Crippen LogP contribution in [0.1, 0.15) is 32.1 Å². The van der Waals surface area contributed by atoms with Crippen molar-refractivity contribution in [3.63, 3.8) is 0 Å². The van der Waals surface area contributed by atoms with Crippen LogP contribution < -0.4 is 5.32 Å². The minimum atomic E-state index is -1.27. The summed E-state index contributed by atoms with van der Waals surface area (Å²) in [5, 5.41) is 14.2. The number of amides is 1. The number of aliphatic carboxylic acids is 1. The number of alkyl carbamates (subject to hydrolysis) is 1. The van der Waals surface area contributed by atoms with Gasteiger partial charge in [0.2, 0.25) is 0 Å². The summed E-state index contributed by atoms with van der Waals surface area (Å²) in [6, 6.07) is 4.08. The Morgan fingerprint density at radius 2 is 2.22 bits per heavy atom. The average Bonchev–Trinajstić information content (AvgIpc) is 3.03. The van der Waals surface area contributed by atoms with E-state index in [1.165, 1.54) is 4.88 Å². The molecule has 1 saturated heterocycles. The molecule has 1 aliphatic rings. The van der Waals surface area contributed by atoms with Crippen LogP contribution in [0.25, 0.3) is 0 Å². The molecule has 1 aromatic heterocycles. The first-order valence-electron chi connectivity index (χ1n) is 7.69. The number of carbonyl (C=O) groups excluding carboxylic acids is 1. The van der Waals surface area contributed by atoms with E-state index in [2.05, 4.69) is 16.3 Å². The SMILES string of the molecule is CC(C)(C)OC(=O)NC1(C(=O)O)CCN(CCc2cccs2)C1. The van der Waals surface area contributed by atoms with Gasteiger partial charge < -0.3 is 15.2 Å². The lowest BCUT2D eigenvalue weighted by Crippen LogP contribution is -2.57. The van der Waals surface area contributed by atoms with Crippen molar-refractivity contribution in [3.05, 3.63) is 22.4 Å². The van der Waals surface area contributed by atoms with Crippen LogP contribution in [0, 0.1) is 0 Å².